The summed E-state index contributed by atoms with van der Waals surface area (Å²) < 4.78 is 5.43. The monoisotopic (exact) mass is 394 g/mol. The lowest BCUT2D eigenvalue weighted by molar-refractivity contribution is -0.121. The van der Waals surface area contributed by atoms with E-state index in [1.165, 1.54) is 12.8 Å². The molecule has 7 heteroatoms. The third-order valence-electron chi connectivity index (χ3n) is 5.72. The Balaban J connectivity index is 1.40. The number of aromatic nitrogens is 2. The standard InChI is InChI=1S/C22H26N4O3/c1-29-21-15(13-24-20(27)10-9-16-6-4-5-11-23-16)12-18-19(25-21)14-26(22(18)28)17-7-2-3-8-17/h4-6,11-12,17H,2-3,7-10,13-14H2,1H3,(H,24,27). The van der Waals surface area contributed by atoms with Crippen molar-refractivity contribution in [1.29, 1.82) is 0 Å². The van der Waals surface area contributed by atoms with Crippen LogP contribution >= 0.6 is 0 Å². The maximum atomic E-state index is 12.9. The number of hydrogen-bond donors (Lipinski definition) is 1. The molecule has 0 unspecified atom stereocenters. The highest BCUT2D eigenvalue weighted by atomic mass is 16.5. The Morgan fingerprint density at radius 1 is 1.31 bits per heavy atom. The van der Waals surface area contributed by atoms with E-state index in [1.54, 1.807) is 13.3 Å². The summed E-state index contributed by atoms with van der Waals surface area (Å²) in [6.07, 6.45) is 7.15. The second kappa shape index (κ2) is 8.59. The molecule has 1 aliphatic carbocycles. The number of carbonyl (C=O) groups is 2. The van der Waals surface area contributed by atoms with Gasteiger partial charge in [0.05, 0.1) is 24.9 Å². The molecular weight excluding hydrogens is 368 g/mol. The Kier molecular flexibility index (Phi) is 5.74. The molecule has 0 radical (unpaired) electrons. The first-order valence-electron chi connectivity index (χ1n) is 10.2. The maximum Gasteiger partial charge on any atom is 0.256 e. The number of carbonyl (C=O) groups excluding carboxylic acids is 2. The molecule has 7 nitrogen and oxygen atoms in total. The van der Waals surface area contributed by atoms with Crippen molar-refractivity contribution in [2.75, 3.05) is 7.11 Å². The van der Waals surface area contributed by atoms with E-state index in [2.05, 4.69) is 15.3 Å². The van der Waals surface area contributed by atoms with Crippen molar-refractivity contribution in [3.63, 3.8) is 0 Å². The van der Waals surface area contributed by atoms with Gasteiger partial charge in [0.15, 0.2) is 0 Å². The zero-order valence-electron chi connectivity index (χ0n) is 16.7. The summed E-state index contributed by atoms with van der Waals surface area (Å²) in [5.74, 6) is 0.441. The fraction of sp³-hybridized carbons (Fsp3) is 0.455. The van der Waals surface area contributed by atoms with Crippen molar-refractivity contribution in [2.45, 2.75) is 57.7 Å². The normalized spacial score (nSPS) is 16.2. The van der Waals surface area contributed by atoms with Gasteiger partial charge in [0.1, 0.15) is 0 Å². The van der Waals surface area contributed by atoms with E-state index in [9.17, 15) is 9.59 Å². The van der Waals surface area contributed by atoms with Gasteiger partial charge in [-0.1, -0.05) is 18.9 Å². The van der Waals surface area contributed by atoms with Crippen molar-refractivity contribution < 1.29 is 14.3 Å². The maximum absolute atomic E-state index is 12.9. The number of amides is 2. The van der Waals surface area contributed by atoms with Gasteiger partial charge in [-0.2, -0.15) is 0 Å². The Bertz CT molecular complexity index is 894. The second-order valence-corrected chi connectivity index (χ2v) is 7.62. The summed E-state index contributed by atoms with van der Waals surface area (Å²) >= 11 is 0. The molecule has 2 aromatic rings. The summed E-state index contributed by atoms with van der Waals surface area (Å²) in [5, 5.41) is 2.90. The van der Waals surface area contributed by atoms with Crippen LogP contribution in [0.1, 0.15) is 59.4 Å². The van der Waals surface area contributed by atoms with Gasteiger partial charge in [-0.05, 0) is 37.5 Å². The van der Waals surface area contributed by atoms with Crippen LogP contribution in [0.25, 0.3) is 0 Å². The fourth-order valence-corrected chi connectivity index (χ4v) is 4.15. The van der Waals surface area contributed by atoms with Crippen LogP contribution in [0.3, 0.4) is 0 Å². The number of rotatable bonds is 7. The van der Waals surface area contributed by atoms with Gasteiger partial charge >= 0.3 is 0 Å². The molecule has 2 amide bonds. The van der Waals surface area contributed by atoms with Gasteiger partial charge in [-0.3, -0.25) is 14.6 Å². The minimum atomic E-state index is -0.0721. The molecule has 3 heterocycles. The van der Waals surface area contributed by atoms with Crippen molar-refractivity contribution in [3.05, 3.63) is 53.0 Å². The van der Waals surface area contributed by atoms with Gasteiger partial charge in [-0.25, -0.2) is 4.98 Å². The number of nitrogens with one attached hydrogen (secondary N) is 1. The molecule has 2 aliphatic rings. The van der Waals surface area contributed by atoms with Crippen LogP contribution in [0, 0.1) is 0 Å². The Morgan fingerprint density at radius 3 is 2.86 bits per heavy atom. The first kappa shape index (κ1) is 19.4. The molecule has 1 aliphatic heterocycles. The lowest BCUT2D eigenvalue weighted by atomic mass is 10.1. The molecule has 29 heavy (non-hydrogen) atoms. The summed E-state index contributed by atoms with van der Waals surface area (Å²) in [4.78, 5) is 35.9. The average molecular weight is 394 g/mol. The van der Waals surface area contributed by atoms with Gasteiger partial charge in [0, 0.05) is 36.5 Å². The van der Waals surface area contributed by atoms with Crippen LogP contribution in [-0.2, 0) is 24.3 Å². The molecule has 4 rings (SSSR count). The molecule has 0 bridgehead atoms. The van der Waals surface area contributed by atoms with Crippen LogP contribution < -0.4 is 10.1 Å². The highest BCUT2D eigenvalue weighted by molar-refractivity contribution is 5.98. The minimum absolute atomic E-state index is 0.0461. The first-order chi connectivity index (χ1) is 14.2. The number of ether oxygens (including phenoxy) is 1. The molecule has 0 saturated heterocycles. The predicted octanol–water partition coefficient (Wildman–Crippen LogP) is 2.63. The molecule has 0 aromatic carbocycles. The molecule has 0 spiro atoms. The smallest absolute Gasteiger partial charge is 0.256 e. The van der Waals surface area contributed by atoms with Crippen LogP contribution in [0.15, 0.2) is 30.5 Å². The van der Waals surface area contributed by atoms with Gasteiger partial charge in [0.25, 0.3) is 5.91 Å². The molecule has 1 N–H and O–H groups in total. The quantitative estimate of drug-likeness (QED) is 0.780. The van der Waals surface area contributed by atoms with E-state index in [0.717, 1.165) is 29.8 Å². The highest BCUT2D eigenvalue weighted by Crippen LogP contribution is 2.33. The predicted molar refractivity (Wildman–Crippen MR) is 107 cm³/mol. The molecule has 1 fully saturated rings. The zero-order chi connectivity index (χ0) is 20.2. The van der Waals surface area contributed by atoms with Gasteiger partial charge in [-0.15, -0.1) is 0 Å². The highest BCUT2D eigenvalue weighted by Gasteiger charge is 2.35. The molecule has 152 valence electrons. The number of methoxy groups -OCH3 is 1. The van der Waals surface area contributed by atoms with Crippen LogP contribution in [0.2, 0.25) is 0 Å². The SMILES string of the molecule is COc1nc2c(cc1CNC(=O)CCc1ccccn1)C(=O)N(C1CCCC1)C2. The summed E-state index contributed by atoms with van der Waals surface area (Å²) in [6.45, 7) is 0.827. The van der Waals surface area contributed by atoms with Crippen molar-refractivity contribution in [3.8, 4) is 5.88 Å². The van der Waals surface area contributed by atoms with Crippen LogP contribution in [-0.4, -0.2) is 39.8 Å². The Morgan fingerprint density at radius 2 is 2.14 bits per heavy atom. The topological polar surface area (TPSA) is 84.4 Å². The number of hydrogen-bond acceptors (Lipinski definition) is 5. The van der Waals surface area contributed by atoms with Gasteiger partial charge in [0.2, 0.25) is 11.8 Å². The van der Waals surface area contributed by atoms with E-state index in [-0.39, 0.29) is 18.4 Å². The van der Waals surface area contributed by atoms with Gasteiger partial charge < -0.3 is 15.0 Å². The average Bonchev–Trinajstić information content (AvgIpc) is 3.39. The second-order valence-electron chi connectivity index (χ2n) is 7.62. The minimum Gasteiger partial charge on any atom is -0.481 e. The third kappa shape index (κ3) is 4.23. The largest absolute Gasteiger partial charge is 0.481 e. The van der Waals surface area contributed by atoms with E-state index in [1.807, 2.05) is 29.2 Å². The number of fused-ring (bicyclic) bond motifs is 1. The Labute approximate surface area is 170 Å². The molecular formula is C22H26N4O3. The summed E-state index contributed by atoms with van der Waals surface area (Å²) in [7, 11) is 1.56. The van der Waals surface area contributed by atoms with E-state index >= 15 is 0 Å². The molecule has 1 saturated carbocycles. The van der Waals surface area contributed by atoms with Crippen LogP contribution in [0.4, 0.5) is 0 Å². The Hall–Kier alpha value is -2.96. The number of pyridine rings is 2. The van der Waals surface area contributed by atoms with Crippen molar-refractivity contribution in [1.82, 2.24) is 20.2 Å². The molecule has 2 aromatic heterocycles. The van der Waals surface area contributed by atoms with E-state index in [4.69, 9.17) is 4.74 Å². The third-order valence-corrected chi connectivity index (χ3v) is 5.72. The first-order valence-corrected chi connectivity index (χ1v) is 10.2. The molecule has 0 atom stereocenters. The lowest BCUT2D eigenvalue weighted by Gasteiger charge is -2.22. The van der Waals surface area contributed by atoms with Crippen molar-refractivity contribution >= 4 is 11.8 Å². The lowest BCUT2D eigenvalue weighted by Crippen LogP contribution is -2.33. The van der Waals surface area contributed by atoms with E-state index < -0.39 is 0 Å². The number of nitrogens with zero attached hydrogens (tertiary/aromatic N) is 3. The van der Waals surface area contributed by atoms with E-state index in [0.29, 0.717) is 36.9 Å². The van der Waals surface area contributed by atoms with Crippen molar-refractivity contribution in [2.24, 2.45) is 0 Å². The zero-order valence-corrected chi connectivity index (χ0v) is 16.7. The fourth-order valence-electron chi connectivity index (χ4n) is 4.15. The summed E-state index contributed by atoms with van der Waals surface area (Å²) in [6, 6.07) is 7.82. The van der Waals surface area contributed by atoms with Crippen LogP contribution in [0.5, 0.6) is 5.88 Å². The number of aryl methyl sites for hydroxylation is 1. The summed E-state index contributed by atoms with van der Waals surface area (Å²) in [5.41, 5.74) is 3.01.